The predicted molar refractivity (Wildman–Crippen MR) is 72.9 cm³/mol. The molecule has 0 aliphatic rings. The van der Waals surface area contributed by atoms with Crippen LogP contribution in [0.5, 0.6) is 0 Å². The molecule has 0 heterocycles. The van der Waals surface area contributed by atoms with Crippen molar-refractivity contribution in [3.63, 3.8) is 0 Å². The summed E-state index contributed by atoms with van der Waals surface area (Å²) in [4.78, 5) is 10.5. The number of esters is 1. The van der Waals surface area contributed by atoms with Crippen molar-refractivity contribution in [2.24, 2.45) is 0 Å². The van der Waals surface area contributed by atoms with Crippen molar-refractivity contribution in [1.29, 1.82) is 0 Å². The molecular formula is C15H26O2. The molecule has 0 saturated heterocycles. The van der Waals surface area contributed by atoms with Crippen molar-refractivity contribution < 1.29 is 9.53 Å². The van der Waals surface area contributed by atoms with E-state index in [-0.39, 0.29) is 5.97 Å². The Morgan fingerprint density at radius 2 is 1.65 bits per heavy atom. The monoisotopic (exact) mass is 238 g/mol. The number of carbonyl (C=O) groups excluding carboxylic acids is 1. The lowest BCUT2D eigenvalue weighted by Crippen LogP contribution is -1.99. The van der Waals surface area contributed by atoms with Crippen LogP contribution >= 0.6 is 0 Å². The fourth-order valence-corrected chi connectivity index (χ4v) is 1.45. The summed E-state index contributed by atoms with van der Waals surface area (Å²) in [6.45, 7) is 4.21. The van der Waals surface area contributed by atoms with Crippen LogP contribution in [0.1, 0.15) is 58.8 Å². The van der Waals surface area contributed by atoms with E-state index in [2.05, 4.69) is 31.2 Å². The third-order valence-electron chi connectivity index (χ3n) is 2.41. The van der Waals surface area contributed by atoms with Gasteiger partial charge in [0.15, 0.2) is 0 Å². The number of unbranched alkanes of at least 4 members (excludes halogenated alkanes) is 5. The molecule has 17 heavy (non-hydrogen) atoms. The summed E-state index contributed by atoms with van der Waals surface area (Å²) in [5, 5.41) is 0. The lowest BCUT2D eigenvalue weighted by atomic mass is 10.1. The van der Waals surface area contributed by atoms with Gasteiger partial charge < -0.3 is 4.74 Å². The summed E-state index contributed by atoms with van der Waals surface area (Å²) in [6.07, 6.45) is 16.8. The average Bonchev–Trinajstić information content (AvgIpc) is 2.30. The van der Waals surface area contributed by atoms with Gasteiger partial charge in [0.2, 0.25) is 0 Å². The minimum absolute atomic E-state index is 0.174. The number of allylic oxidation sites excluding steroid dienone is 4. The van der Waals surface area contributed by atoms with E-state index in [0.717, 1.165) is 19.3 Å². The molecule has 0 spiro atoms. The second-order valence-corrected chi connectivity index (χ2v) is 4.19. The Labute approximate surface area is 106 Å². The van der Waals surface area contributed by atoms with E-state index >= 15 is 0 Å². The fraction of sp³-hybridized carbons (Fsp3) is 0.667. The zero-order valence-corrected chi connectivity index (χ0v) is 11.3. The highest BCUT2D eigenvalue weighted by atomic mass is 16.5. The van der Waals surface area contributed by atoms with E-state index in [1.54, 1.807) is 0 Å². The molecule has 0 aliphatic carbocycles. The van der Waals surface area contributed by atoms with Crippen molar-refractivity contribution in [3.8, 4) is 0 Å². The number of hydrogen-bond acceptors (Lipinski definition) is 2. The van der Waals surface area contributed by atoms with Crippen LogP contribution in [0.25, 0.3) is 0 Å². The molecule has 2 nitrogen and oxygen atoms in total. The van der Waals surface area contributed by atoms with Crippen LogP contribution in [0, 0.1) is 0 Å². The van der Waals surface area contributed by atoms with Crippen molar-refractivity contribution in [2.45, 2.75) is 58.8 Å². The molecule has 0 fully saturated rings. The summed E-state index contributed by atoms with van der Waals surface area (Å²) >= 11 is 0. The molecular weight excluding hydrogens is 212 g/mol. The maximum atomic E-state index is 10.5. The van der Waals surface area contributed by atoms with Crippen LogP contribution in [-0.2, 0) is 9.53 Å². The standard InChI is InChI=1S/C15H26O2/c1-3-4-5-6-7-8-9-10-11-12-13-14-17-15(2)16/h5-8H,3-4,9-14H2,1-2H3/b6-5+,8-7-. The minimum Gasteiger partial charge on any atom is -0.466 e. The zero-order chi connectivity index (χ0) is 12.8. The van der Waals surface area contributed by atoms with Gasteiger partial charge in [-0.15, -0.1) is 0 Å². The summed E-state index contributed by atoms with van der Waals surface area (Å²) in [5.74, 6) is -0.174. The molecule has 0 amide bonds. The smallest absolute Gasteiger partial charge is 0.302 e. The molecule has 0 unspecified atom stereocenters. The van der Waals surface area contributed by atoms with Gasteiger partial charge in [0.1, 0.15) is 0 Å². The fourth-order valence-electron chi connectivity index (χ4n) is 1.45. The van der Waals surface area contributed by atoms with Gasteiger partial charge >= 0.3 is 5.97 Å². The predicted octanol–water partition coefficient (Wildman–Crippen LogP) is 4.41. The Bertz CT molecular complexity index is 229. The molecule has 0 N–H and O–H groups in total. The van der Waals surface area contributed by atoms with Gasteiger partial charge in [-0.1, -0.05) is 50.5 Å². The van der Waals surface area contributed by atoms with Crippen LogP contribution in [0.2, 0.25) is 0 Å². The molecule has 0 aliphatic heterocycles. The zero-order valence-electron chi connectivity index (χ0n) is 11.3. The van der Waals surface area contributed by atoms with E-state index in [9.17, 15) is 4.79 Å². The van der Waals surface area contributed by atoms with Crippen LogP contribution in [0.15, 0.2) is 24.3 Å². The SMILES string of the molecule is CCC/C=C/C=C\CCCCCCOC(C)=O. The van der Waals surface area contributed by atoms with Crippen LogP contribution in [0.3, 0.4) is 0 Å². The second-order valence-electron chi connectivity index (χ2n) is 4.19. The van der Waals surface area contributed by atoms with E-state index in [4.69, 9.17) is 4.74 Å². The summed E-state index contributed by atoms with van der Waals surface area (Å²) in [6, 6.07) is 0. The summed E-state index contributed by atoms with van der Waals surface area (Å²) in [5.41, 5.74) is 0. The Balaban J connectivity index is 3.15. The van der Waals surface area contributed by atoms with Gasteiger partial charge in [0.25, 0.3) is 0 Å². The molecule has 0 aromatic carbocycles. The highest BCUT2D eigenvalue weighted by Crippen LogP contribution is 2.04. The average molecular weight is 238 g/mol. The highest BCUT2D eigenvalue weighted by Gasteiger charge is 1.92. The summed E-state index contributed by atoms with van der Waals surface area (Å²) < 4.78 is 4.86. The first-order valence-electron chi connectivity index (χ1n) is 6.72. The largest absolute Gasteiger partial charge is 0.466 e. The van der Waals surface area contributed by atoms with Crippen molar-refractivity contribution in [2.75, 3.05) is 6.61 Å². The first-order chi connectivity index (χ1) is 8.27. The third kappa shape index (κ3) is 14.9. The molecule has 0 saturated carbocycles. The van der Waals surface area contributed by atoms with Crippen molar-refractivity contribution >= 4 is 5.97 Å². The van der Waals surface area contributed by atoms with Gasteiger partial charge in [0, 0.05) is 6.92 Å². The molecule has 2 heteroatoms. The normalized spacial score (nSPS) is 11.4. The quantitative estimate of drug-likeness (QED) is 0.320. The highest BCUT2D eigenvalue weighted by molar-refractivity contribution is 5.65. The van der Waals surface area contributed by atoms with Crippen LogP contribution in [0.4, 0.5) is 0 Å². The number of carbonyl (C=O) groups is 1. The third-order valence-corrected chi connectivity index (χ3v) is 2.41. The maximum absolute atomic E-state index is 10.5. The molecule has 0 atom stereocenters. The molecule has 0 bridgehead atoms. The maximum Gasteiger partial charge on any atom is 0.302 e. The Hall–Kier alpha value is -1.05. The van der Waals surface area contributed by atoms with Crippen molar-refractivity contribution in [3.05, 3.63) is 24.3 Å². The Kier molecular flexibility index (Phi) is 12.2. The Morgan fingerprint density at radius 1 is 1.00 bits per heavy atom. The van der Waals surface area contributed by atoms with Crippen LogP contribution < -0.4 is 0 Å². The molecule has 0 aromatic rings. The van der Waals surface area contributed by atoms with Crippen molar-refractivity contribution in [1.82, 2.24) is 0 Å². The minimum atomic E-state index is -0.174. The van der Waals surface area contributed by atoms with Crippen LogP contribution in [-0.4, -0.2) is 12.6 Å². The lowest BCUT2D eigenvalue weighted by Gasteiger charge is -2.00. The summed E-state index contributed by atoms with van der Waals surface area (Å²) in [7, 11) is 0. The molecule has 0 radical (unpaired) electrons. The molecule has 98 valence electrons. The first-order valence-corrected chi connectivity index (χ1v) is 6.72. The van der Waals surface area contributed by atoms with E-state index < -0.39 is 0 Å². The van der Waals surface area contributed by atoms with E-state index in [1.165, 1.54) is 32.6 Å². The van der Waals surface area contributed by atoms with Gasteiger partial charge in [-0.05, 0) is 25.7 Å². The number of ether oxygens (including phenoxy) is 1. The van der Waals surface area contributed by atoms with Gasteiger partial charge in [-0.3, -0.25) is 4.79 Å². The van der Waals surface area contributed by atoms with Gasteiger partial charge in [0.05, 0.1) is 6.61 Å². The van der Waals surface area contributed by atoms with E-state index in [0.29, 0.717) is 6.61 Å². The number of rotatable bonds is 10. The molecule has 0 aromatic heterocycles. The van der Waals surface area contributed by atoms with Gasteiger partial charge in [-0.25, -0.2) is 0 Å². The molecule has 0 rings (SSSR count). The topological polar surface area (TPSA) is 26.3 Å². The Morgan fingerprint density at radius 3 is 2.29 bits per heavy atom. The van der Waals surface area contributed by atoms with E-state index in [1.807, 2.05) is 0 Å². The second kappa shape index (κ2) is 13.0. The van der Waals surface area contributed by atoms with Gasteiger partial charge in [-0.2, -0.15) is 0 Å². The first kappa shape index (κ1) is 16.0. The number of hydrogen-bond donors (Lipinski definition) is 0. The lowest BCUT2D eigenvalue weighted by molar-refractivity contribution is -0.141.